The van der Waals surface area contributed by atoms with Crippen molar-refractivity contribution >= 4 is 27.6 Å². The molecule has 2 aromatic rings. The van der Waals surface area contributed by atoms with Crippen LogP contribution >= 0.6 is 15.9 Å². The van der Waals surface area contributed by atoms with E-state index in [4.69, 9.17) is 0 Å². The van der Waals surface area contributed by atoms with Gasteiger partial charge in [0, 0.05) is 10.2 Å². The molecule has 0 fully saturated rings. The maximum Gasteiger partial charge on any atom is 0.330 e. The lowest BCUT2D eigenvalue weighted by Crippen LogP contribution is -2.21. The molecule has 2 rings (SSSR count). The molecule has 21 heavy (non-hydrogen) atoms. The van der Waals surface area contributed by atoms with Gasteiger partial charge in [0.2, 0.25) is 0 Å². The van der Waals surface area contributed by atoms with Gasteiger partial charge in [-0.05, 0) is 61.2 Å². The Morgan fingerprint density at radius 3 is 2.38 bits per heavy atom. The Labute approximate surface area is 133 Å². The fourth-order valence-corrected chi connectivity index (χ4v) is 2.71. The van der Waals surface area contributed by atoms with Gasteiger partial charge in [0.1, 0.15) is 0 Å². The Kier molecular flexibility index (Phi) is 4.68. The molecule has 0 aromatic heterocycles. The first-order valence-corrected chi connectivity index (χ1v) is 7.50. The van der Waals surface area contributed by atoms with Crippen LogP contribution in [-0.2, 0) is 4.79 Å². The summed E-state index contributed by atoms with van der Waals surface area (Å²) in [6, 6.07) is 10.7. The largest absolute Gasteiger partial charge is 0.479 e. The number of hydrogen-bond donors (Lipinski definition) is 2. The highest BCUT2D eigenvalue weighted by Crippen LogP contribution is 2.26. The Morgan fingerprint density at radius 1 is 1.10 bits per heavy atom. The standard InChI is InChI=1S/C17H18BrNO2/c1-10-7-12(3)15(8-11(10)2)16(17(20)21)19-14-6-4-5-13(18)9-14/h4-9,16,19H,1-3H3,(H,20,21). The first-order valence-electron chi connectivity index (χ1n) is 6.71. The molecule has 2 N–H and O–H groups in total. The molecule has 0 aliphatic heterocycles. The van der Waals surface area contributed by atoms with Gasteiger partial charge in [0.05, 0.1) is 0 Å². The highest BCUT2D eigenvalue weighted by atomic mass is 79.9. The van der Waals surface area contributed by atoms with E-state index in [9.17, 15) is 9.90 Å². The third-order valence-corrected chi connectivity index (χ3v) is 4.07. The molecule has 2 aromatic carbocycles. The van der Waals surface area contributed by atoms with E-state index in [-0.39, 0.29) is 0 Å². The van der Waals surface area contributed by atoms with Crippen molar-refractivity contribution < 1.29 is 9.90 Å². The zero-order valence-corrected chi connectivity index (χ0v) is 13.9. The van der Waals surface area contributed by atoms with E-state index < -0.39 is 12.0 Å². The summed E-state index contributed by atoms with van der Waals surface area (Å²) >= 11 is 3.39. The molecular weight excluding hydrogens is 330 g/mol. The van der Waals surface area contributed by atoms with Crippen LogP contribution in [0.2, 0.25) is 0 Å². The number of carboxylic acid groups (broad SMARTS) is 1. The third-order valence-electron chi connectivity index (χ3n) is 3.58. The van der Waals surface area contributed by atoms with Gasteiger partial charge in [-0.1, -0.05) is 34.1 Å². The molecule has 4 heteroatoms. The molecule has 1 unspecified atom stereocenters. The Morgan fingerprint density at radius 2 is 1.76 bits per heavy atom. The summed E-state index contributed by atoms with van der Waals surface area (Å²) in [4.78, 5) is 11.7. The molecule has 0 aliphatic carbocycles. The van der Waals surface area contributed by atoms with Gasteiger partial charge in [0.15, 0.2) is 6.04 Å². The normalized spacial score (nSPS) is 12.0. The van der Waals surface area contributed by atoms with E-state index in [1.54, 1.807) is 0 Å². The summed E-state index contributed by atoms with van der Waals surface area (Å²) in [6.07, 6.45) is 0. The molecule has 0 bridgehead atoms. The van der Waals surface area contributed by atoms with E-state index in [2.05, 4.69) is 21.2 Å². The summed E-state index contributed by atoms with van der Waals surface area (Å²) in [6.45, 7) is 5.97. The fourth-order valence-electron chi connectivity index (χ4n) is 2.31. The number of halogens is 1. The number of benzene rings is 2. The highest BCUT2D eigenvalue weighted by molar-refractivity contribution is 9.10. The summed E-state index contributed by atoms with van der Waals surface area (Å²) in [5.41, 5.74) is 4.81. The second-order valence-corrected chi connectivity index (χ2v) is 6.13. The van der Waals surface area contributed by atoms with E-state index in [1.165, 1.54) is 5.56 Å². The summed E-state index contributed by atoms with van der Waals surface area (Å²) < 4.78 is 0.911. The van der Waals surface area contributed by atoms with E-state index >= 15 is 0 Å². The molecule has 0 radical (unpaired) electrons. The van der Waals surface area contributed by atoms with Crippen molar-refractivity contribution in [1.82, 2.24) is 0 Å². The first-order chi connectivity index (χ1) is 9.88. The van der Waals surface area contributed by atoms with E-state index in [0.717, 1.165) is 26.9 Å². The molecule has 0 saturated carbocycles. The number of aliphatic carboxylic acids is 1. The molecule has 1 atom stereocenters. The number of carbonyl (C=O) groups is 1. The van der Waals surface area contributed by atoms with Crippen LogP contribution in [0.3, 0.4) is 0 Å². The van der Waals surface area contributed by atoms with Crippen molar-refractivity contribution in [2.45, 2.75) is 26.8 Å². The van der Waals surface area contributed by atoms with Crippen molar-refractivity contribution in [3.05, 3.63) is 63.1 Å². The lowest BCUT2D eigenvalue weighted by atomic mass is 9.95. The van der Waals surface area contributed by atoms with Crippen LogP contribution < -0.4 is 5.32 Å². The summed E-state index contributed by atoms with van der Waals surface area (Å²) in [5, 5.41) is 12.7. The smallest absolute Gasteiger partial charge is 0.330 e. The van der Waals surface area contributed by atoms with Gasteiger partial charge < -0.3 is 10.4 Å². The van der Waals surface area contributed by atoms with Gasteiger partial charge in [-0.15, -0.1) is 0 Å². The number of aryl methyl sites for hydroxylation is 3. The Bertz CT molecular complexity index is 682. The molecule has 3 nitrogen and oxygen atoms in total. The molecule has 0 aliphatic rings. The van der Waals surface area contributed by atoms with Gasteiger partial charge in [-0.3, -0.25) is 0 Å². The maximum absolute atomic E-state index is 11.7. The fraction of sp³-hybridized carbons (Fsp3) is 0.235. The lowest BCUT2D eigenvalue weighted by molar-refractivity contribution is -0.138. The lowest BCUT2D eigenvalue weighted by Gasteiger charge is -2.20. The zero-order valence-electron chi connectivity index (χ0n) is 12.3. The van der Waals surface area contributed by atoms with E-state index in [0.29, 0.717) is 0 Å². The third kappa shape index (κ3) is 3.64. The van der Waals surface area contributed by atoms with Gasteiger partial charge in [-0.25, -0.2) is 4.79 Å². The number of nitrogens with one attached hydrogen (secondary N) is 1. The molecule has 0 heterocycles. The predicted octanol–water partition coefficient (Wildman–Crippen LogP) is 4.61. The van der Waals surface area contributed by atoms with E-state index in [1.807, 2.05) is 57.2 Å². The Balaban J connectivity index is 2.40. The van der Waals surface area contributed by atoms with Crippen molar-refractivity contribution in [2.75, 3.05) is 5.32 Å². The van der Waals surface area contributed by atoms with Crippen molar-refractivity contribution in [3.8, 4) is 0 Å². The number of anilines is 1. The molecular formula is C17H18BrNO2. The SMILES string of the molecule is Cc1cc(C)c(C(Nc2cccc(Br)c2)C(=O)O)cc1C. The van der Waals surface area contributed by atoms with Crippen LogP contribution in [0.25, 0.3) is 0 Å². The van der Waals surface area contributed by atoms with Crippen LogP contribution in [0, 0.1) is 20.8 Å². The monoisotopic (exact) mass is 347 g/mol. The average molecular weight is 348 g/mol. The minimum atomic E-state index is -0.888. The van der Waals surface area contributed by atoms with Crippen LogP contribution in [0.5, 0.6) is 0 Å². The second-order valence-electron chi connectivity index (χ2n) is 5.22. The predicted molar refractivity (Wildman–Crippen MR) is 88.8 cm³/mol. The number of carboxylic acids is 1. The second kappa shape index (κ2) is 6.31. The minimum Gasteiger partial charge on any atom is -0.479 e. The average Bonchev–Trinajstić information content (AvgIpc) is 2.40. The van der Waals surface area contributed by atoms with Gasteiger partial charge in [-0.2, -0.15) is 0 Å². The number of hydrogen-bond acceptors (Lipinski definition) is 2. The molecule has 110 valence electrons. The van der Waals surface area contributed by atoms with Crippen LogP contribution in [0.4, 0.5) is 5.69 Å². The molecule has 0 amide bonds. The molecule has 0 spiro atoms. The topological polar surface area (TPSA) is 49.3 Å². The van der Waals surface area contributed by atoms with Crippen LogP contribution in [-0.4, -0.2) is 11.1 Å². The van der Waals surface area contributed by atoms with Crippen LogP contribution in [0.1, 0.15) is 28.3 Å². The zero-order chi connectivity index (χ0) is 15.6. The van der Waals surface area contributed by atoms with Gasteiger partial charge >= 0.3 is 5.97 Å². The highest BCUT2D eigenvalue weighted by Gasteiger charge is 2.22. The summed E-state index contributed by atoms with van der Waals surface area (Å²) in [5.74, 6) is -0.888. The quantitative estimate of drug-likeness (QED) is 0.848. The molecule has 0 saturated heterocycles. The van der Waals surface area contributed by atoms with Crippen LogP contribution in [0.15, 0.2) is 40.9 Å². The Hall–Kier alpha value is -1.81. The minimum absolute atomic E-state index is 0.765. The van der Waals surface area contributed by atoms with Crippen molar-refractivity contribution in [1.29, 1.82) is 0 Å². The summed E-state index contributed by atoms with van der Waals surface area (Å²) in [7, 11) is 0. The first kappa shape index (κ1) is 15.6. The maximum atomic E-state index is 11.7. The number of rotatable bonds is 4. The van der Waals surface area contributed by atoms with Crippen molar-refractivity contribution in [2.24, 2.45) is 0 Å². The van der Waals surface area contributed by atoms with Gasteiger partial charge in [0.25, 0.3) is 0 Å². The van der Waals surface area contributed by atoms with Crippen molar-refractivity contribution in [3.63, 3.8) is 0 Å².